The summed E-state index contributed by atoms with van der Waals surface area (Å²) in [5.41, 5.74) is 5.07. The first kappa shape index (κ1) is 14.4. The van der Waals surface area contributed by atoms with Crippen molar-refractivity contribution in [3.05, 3.63) is 27.9 Å². The summed E-state index contributed by atoms with van der Waals surface area (Å²) in [5.74, 6) is 2.29. The number of pyridine rings is 1. The van der Waals surface area contributed by atoms with E-state index in [0.29, 0.717) is 11.9 Å². The van der Waals surface area contributed by atoms with Crippen LogP contribution in [-0.2, 0) is 0 Å². The van der Waals surface area contributed by atoms with Crippen LogP contribution in [0.25, 0.3) is 0 Å². The van der Waals surface area contributed by atoms with E-state index in [1.54, 1.807) is 6.07 Å². The third kappa shape index (κ3) is 2.77. The highest BCUT2D eigenvalue weighted by Crippen LogP contribution is 2.27. The molecule has 0 radical (unpaired) electrons. The van der Waals surface area contributed by atoms with E-state index in [4.69, 9.17) is 10.9 Å². The molecule has 0 aromatic carbocycles. The van der Waals surface area contributed by atoms with Gasteiger partial charge in [-0.25, -0.2) is 4.98 Å². The molecular formula is C11H15N5O3S. The van der Waals surface area contributed by atoms with Gasteiger partial charge in [0.15, 0.2) is 11.5 Å². The smallest absolute Gasteiger partial charge is 0.298 e. The Balaban J connectivity index is 2.38. The average Bonchev–Trinajstić information content (AvgIpc) is 2.99. The maximum absolute atomic E-state index is 10.9. The van der Waals surface area contributed by atoms with Crippen molar-refractivity contribution in [3.63, 3.8) is 0 Å². The zero-order chi connectivity index (χ0) is 14.7. The molecule has 2 heterocycles. The van der Waals surface area contributed by atoms with Gasteiger partial charge in [-0.1, -0.05) is 5.16 Å². The van der Waals surface area contributed by atoms with E-state index in [2.05, 4.69) is 10.1 Å². The summed E-state index contributed by atoms with van der Waals surface area (Å²) in [5, 5.41) is 22.5. The molecule has 8 nitrogen and oxygen atoms in total. The molecule has 2 rings (SSSR count). The number of nitro groups is 1. The summed E-state index contributed by atoms with van der Waals surface area (Å²) in [6, 6.07) is 3.25. The number of thioether (sulfide) groups is 1. The summed E-state index contributed by atoms with van der Waals surface area (Å²) >= 11 is 1.86. The maximum atomic E-state index is 10.9. The zero-order valence-electron chi connectivity index (χ0n) is 10.9. The first-order chi connectivity index (χ1) is 9.54. The van der Waals surface area contributed by atoms with Crippen LogP contribution in [0.1, 0.15) is 12.1 Å². The molecule has 0 aliphatic carbocycles. The predicted molar refractivity (Wildman–Crippen MR) is 77.5 cm³/mol. The lowest BCUT2D eigenvalue weighted by molar-refractivity contribution is -0.385. The van der Waals surface area contributed by atoms with Crippen molar-refractivity contribution in [1.82, 2.24) is 4.98 Å². The van der Waals surface area contributed by atoms with Crippen molar-refractivity contribution in [2.75, 3.05) is 23.5 Å². The van der Waals surface area contributed by atoms with E-state index >= 15 is 0 Å². The highest BCUT2D eigenvalue weighted by molar-refractivity contribution is 7.99. The molecule has 1 aromatic rings. The molecule has 20 heavy (non-hydrogen) atoms. The standard InChI is InChI=1S/C11H15N5O3S/c1-15(7-4-5-20-6-7)9-3-2-8(16(18)19)10(13-9)11(12)14-17/h2-3,7,17H,4-6H2,1H3,(H2,12,14). The van der Waals surface area contributed by atoms with Crippen molar-refractivity contribution in [3.8, 4) is 0 Å². The molecule has 1 saturated heterocycles. The van der Waals surface area contributed by atoms with Crippen LogP contribution in [0.4, 0.5) is 11.5 Å². The fraction of sp³-hybridized carbons (Fsp3) is 0.455. The Morgan fingerprint density at radius 1 is 1.70 bits per heavy atom. The van der Waals surface area contributed by atoms with E-state index in [9.17, 15) is 10.1 Å². The zero-order valence-corrected chi connectivity index (χ0v) is 11.7. The summed E-state index contributed by atoms with van der Waals surface area (Å²) in [4.78, 5) is 16.5. The predicted octanol–water partition coefficient (Wildman–Crippen LogP) is 1.03. The van der Waals surface area contributed by atoms with Crippen LogP contribution < -0.4 is 10.6 Å². The Morgan fingerprint density at radius 3 is 3.00 bits per heavy atom. The second-order valence-electron chi connectivity index (χ2n) is 4.41. The Bertz CT molecular complexity index is 545. The lowest BCUT2D eigenvalue weighted by atomic mass is 10.2. The largest absolute Gasteiger partial charge is 0.409 e. The van der Waals surface area contributed by atoms with Crippen molar-refractivity contribution in [2.45, 2.75) is 12.5 Å². The van der Waals surface area contributed by atoms with E-state index in [1.807, 2.05) is 23.7 Å². The van der Waals surface area contributed by atoms with Gasteiger partial charge in [-0.3, -0.25) is 10.1 Å². The van der Waals surface area contributed by atoms with Crippen LogP contribution in [0.2, 0.25) is 0 Å². The molecule has 1 fully saturated rings. The van der Waals surface area contributed by atoms with Gasteiger partial charge >= 0.3 is 0 Å². The first-order valence-corrected chi connectivity index (χ1v) is 7.14. The van der Waals surface area contributed by atoms with Gasteiger partial charge < -0.3 is 15.8 Å². The third-order valence-corrected chi connectivity index (χ3v) is 4.37. The number of hydrogen-bond donors (Lipinski definition) is 2. The quantitative estimate of drug-likeness (QED) is 0.280. The van der Waals surface area contributed by atoms with Crippen LogP contribution >= 0.6 is 11.8 Å². The molecule has 1 aromatic heterocycles. The number of aromatic nitrogens is 1. The highest BCUT2D eigenvalue weighted by atomic mass is 32.2. The Labute approximate surface area is 119 Å². The van der Waals surface area contributed by atoms with Gasteiger partial charge in [-0.15, -0.1) is 0 Å². The normalized spacial score (nSPS) is 19.1. The Hall–Kier alpha value is -2.03. The number of nitrogens with zero attached hydrogens (tertiary/aromatic N) is 4. The molecular weight excluding hydrogens is 282 g/mol. The van der Waals surface area contributed by atoms with E-state index in [-0.39, 0.29) is 17.2 Å². The highest BCUT2D eigenvalue weighted by Gasteiger charge is 2.25. The van der Waals surface area contributed by atoms with Crippen LogP contribution in [0.3, 0.4) is 0 Å². The number of rotatable bonds is 4. The minimum absolute atomic E-state index is 0.118. The molecule has 0 spiro atoms. The molecule has 108 valence electrons. The lowest BCUT2D eigenvalue weighted by Gasteiger charge is -2.25. The van der Waals surface area contributed by atoms with Crippen LogP contribution in [0.5, 0.6) is 0 Å². The monoisotopic (exact) mass is 297 g/mol. The summed E-state index contributed by atoms with van der Waals surface area (Å²) in [6.45, 7) is 0. The minimum Gasteiger partial charge on any atom is -0.409 e. The van der Waals surface area contributed by atoms with E-state index in [0.717, 1.165) is 17.9 Å². The number of oxime groups is 1. The van der Waals surface area contributed by atoms with Gasteiger partial charge in [-0.05, 0) is 18.2 Å². The summed E-state index contributed by atoms with van der Waals surface area (Å²) in [7, 11) is 1.89. The van der Waals surface area contributed by atoms with Gasteiger partial charge in [0.2, 0.25) is 0 Å². The van der Waals surface area contributed by atoms with Gasteiger partial charge in [0.05, 0.1) is 4.92 Å². The second-order valence-corrected chi connectivity index (χ2v) is 5.56. The lowest BCUT2D eigenvalue weighted by Crippen LogP contribution is -2.32. The van der Waals surface area contributed by atoms with Crippen LogP contribution in [-0.4, -0.2) is 45.5 Å². The van der Waals surface area contributed by atoms with Crippen molar-refractivity contribution in [2.24, 2.45) is 10.9 Å². The van der Waals surface area contributed by atoms with Gasteiger partial charge in [-0.2, -0.15) is 11.8 Å². The van der Waals surface area contributed by atoms with Crippen molar-refractivity contribution >= 4 is 29.1 Å². The molecule has 1 aliphatic heterocycles. The number of hydrogen-bond acceptors (Lipinski definition) is 7. The first-order valence-electron chi connectivity index (χ1n) is 5.98. The SMILES string of the molecule is CN(c1ccc([N+](=O)[O-])c(/C(N)=N/O)n1)C1CCSC1. The number of anilines is 1. The fourth-order valence-electron chi connectivity index (χ4n) is 2.04. The molecule has 3 N–H and O–H groups in total. The molecule has 1 unspecified atom stereocenters. The van der Waals surface area contributed by atoms with Gasteiger partial charge in [0.1, 0.15) is 5.82 Å². The molecule has 0 saturated carbocycles. The molecule has 0 bridgehead atoms. The van der Waals surface area contributed by atoms with Crippen molar-refractivity contribution < 1.29 is 10.1 Å². The van der Waals surface area contributed by atoms with E-state index < -0.39 is 4.92 Å². The molecule has 1 aliphatic rings. The number of amidine groups is 1. The van der Waals surface area contributed by atoms with Crippen LogP contribution in [0.15, 0.2) is 17.3 Å². The Kier molecular flexibility index (Phi) is 4.28. The van der Waals surface area contributed by atoms with Crippen LogP contribution in [0, 0.1) is 10.1 Å². The summed E-state index contributed by atoms with van der Waals surface area (Å²) < 4.78 is 0. The van der Waals surface area contributed by atoms with E-state index in [1.165, 1.54) is 6.07 Å². The van der Waals surface area contributed by atoms with Crippen molar-refractivity contribution in [1.29, 1.82) is 0 Å². The Morgan fingerprint density at radius 2 is 2.45 bits per heavy atom. The maximum Gasteiger partial charge on any atom is 0.298 e. The average molecular weight is 297 g/mol. The minimum atomic E-state index is -0.602. The number of nitrogens with two attached hydrogens (primary N) is 1. The molecule has 9 heteroatoms. The summed E-state index contributed by atoms with van der Waals surface area (Å²) in [6.07, 6.45) is 1.04. The van der Waals surface area contributed by atoms with Gasteiger partial charge in [0.25, 0.3) is 5.69 Å². The fourth-order valence-corrected chi connectivity index (χ4v) is 3.30. The topological polar surface area (TPSA) is 118 Å². The molecule has 1 atom stereocenters. The molecule has 0 amide bonds. The van der Waals surface area contributed by atoms with Gasteiger partial charge in [0, 0.05) is 24.9 Å². The second kappa shape index (κ2) is 5.95. The third-order valence-electron chi connectivity index (χ3n) is 3.22.